The van der Waals surface area contributed by atoms with Gasteiger partial charge in [0.15, 0.2) is 0 Å². The molecule has 0 unspecified atom stereocenters. The van der Waals surface area contributed by atoms with Crippen molar-refractivity contribution in [2.24, 2.45) is 0 Å². The normalized spacial score (nSPS) is 10.7. The molecule has 4 aromatic rings. The summed E-state index contributed by atoms with van der Waals surface area (Å²) in [4.78, 5) is 23.9. The average Bonchev–Trinajstić information content (AvgIpc) is 3.16. The molecule has 0 radical (unpaired) electrons. The summed E-state index contributed by atoms with van der Waals surface area (Å²) >= 11 is 0. The van der Waals surface area contributed by atoms with Crippen molar-refractivity contribution in [3.8, 4) is 0 Å². The summed E-state index contributed by atoms with van der Waals surface area (Å²) in [7, 11) is 0. The van der Waals surface area contributed by atoms with Gasteiger partial charge in [0.2, 0.25) is 0 Å². The number of nitrogens with one attached hydrogen (secondary N) is 3. The molecule has 1 amide bonds. The number of pyridine rings is 2. The Morgan fingerprint density at radius 3 is 2.89 bits per heavy atom. The molecule has 0 aliphatic heterocycles. The van der Waals surface area contributed by atoms with Gasteiger partial charge < -0.3 is 15.6 Å². The zero-order valence-electron chi connectivity index (χ0n) is 15.4. The van der Waals surface area contributed by atoms with Gasteiger partial charge in [0.05, 0.1) is 0 Å². The third kappa shape index (κ3) is 4.17. The fourth-order valence-corrected chi connectivity index (χ4v) is 3.12. The van der Waals surface area contributed by atoms with E-state index in [1.807, 2.05) is 30.3 Å². The fourth-order valence-electron chi connectivity index (χ4n) is 3.12. The Morgan fingerprint density at radius 1 is 1.07 bits per heavy atom. The van der Waals surface area contributed by atoms with Gasteiger partial charge in [-0.15, -0.1) is 0 Å². The van der Waals surface area contributed by atoms with E-state index in [0.717, 1.165) is 29.7 Å². The first-order valence-electron chi connectivity index (χ1n) is 9.21. The van der Waals surface area contributed by atoms with E-state index < -0.39 is 0 Å². The van der Waals surface area contributed by atoms with E-state index in [-0.39, 0.29) is 5.91 Å². The molecule has 0 saturated carbocycles. The van der Waals surface area contributed by atoms with Crippen molar-refractivity contribution in [3.63, 3.8) is 0 Å². The smallest absolute Gasteiger partial charge is 0.270 e. The van der Waals surface area contributed by atoms with E-state index in [1.54, 1.807) is 24.7 Å². The van der Waals surface area contributed by atoms with Crippen LogP contribution in [-0.4, -0.2) is 27.4 Å². The molecule has 140 valence electrons. The van der Waals surface area contributed by atoms with Crippen LogP contribution in [0.2, 0.25) is 0 Å². The van der Waals surface area contributed by atoms with E-state index >= 15 is 0 Å². The number of benzene rings is 1. The number of amides is 1. The van der Waals surface area contributed by atoms with Crippen molar-refractivity contribution >= 4 is 22.5 Å². The SMILES string of the molecule is O=C(NCc1cccnc1)c1cc(NCCc2c[nH]c3ccccc23)ccn1. The van der Waals surface area contributed by atoms with Crippen molar-refractivity contribution in [3.05, 3.63) is 90.1 Å². The van der Waals surface area contributed by atoms with Crippen LogP contribution in [0.4, 0.5) is 5.69 Å². The lowest BCUT2D eigenvalue weighted by Gasteiger charge is -2.08. The monoisotopic (exact) mass is 371 g/mol. The largest absolute Gasteiger partial charge is 0.385 e. The number of rotatable bonds is 7. The van der Waals surface area contributed by atoms with Gasteiger partial charge in [-0.1, -0.05) is 24.3 Å². The van der Waals surface area contributed by atoms with E-state index in [1.165, 1.54) is 10.9 Å². The Labute approximate surface area is 163 Å². The number of aromatic amines is 1. The maximum atomic E-state index is 12.4. The lowest BCUT2D eigenvalue weighted by molar-refractivity contribution is 0.0946. The number of hydrogen-bond donors (Lipinski definition) is 3. The number of para-hydroxylation sites is 1. The van der Waals surface area contributed by atoms with Crippen LogP contribution in [0.1, 0.15) is 21.6 Å². The third-order valence-electron chi connectivity index (χ3n) is 4.57. The molecule has 4 rings (SSSR count). The zero-order valence-corrected chi connectivity index (χ0v) is 15.4. The third-order valence-corrected chi connectivity index (χ3v) is 4.57. The highest BCUT2D eigenvalue weighted by atomic mass is 16.1. The molecule has 0 bridgehead atoms. The van der Waals surface area contributed by atoms with Crippen molar-refractivity contribution in [2.75, 3.05) is 11.9 Å². The van der Waals surface area contributed by atoms with Crippen molar-refractivity contribution in [1.29, 1.82) is 0 Å². The lowest BCUT2D eigenvalue weighted by Crippen LogP contribution is -2.24. The molecule has 0 spiro atoms. The van der Waals surface area contributed by atoms with Gasteiger partial charge in [-0.05, 0) is 41.8 Å². The molecule has 0 aliphatic carbocycles. The zero-order chi connectivity index (χ0) is 19.2. The molecule has 0 aliphatic rings. The van der Waals surface area contributed by atoms with E-state index in [2.05, 4.69) is 43.9 Å². The van der Waals surface area contributed by atoms with Crippen LogP contribution in [0.5, 0.6) is 0 Å². The molecule has 3 aromatic heterocycles. The first kappa shape index (κ1) is 17.7. The summed E-state index contributed by atoms with van der Waals surface area (Å²) < 4.78 is 0. The van der Waals surface area contributed by atoms with E-state index in [4.69, 9.17) is 0 Å². The Bertz CT molecular complexity index is 1070. The first-order chi connectivity index (χ1) is 13.8. The standard InChI is InChI=1S/C22H21N5O/c28-22(27-14-16-4-3-9-23-13-16)21-12-18(8-11-25-21)24-10-7-17-15-26-20-6-2-1-5-19(17)20/h1-6,8-9,11-13,15,26H,7,10,14H2,(H,24,25)(H,27,28). The summed E-state index contributed by atoms with van der Waals surface area (Å²) in [6.07, 6.45) is 8.02. The van der Waals surface area contributed by atoms with Crippen molar-refractivity contribution < 1.29 is 4.79 Å². The predicted octanol–water partition coefficient (Wildman–Crippen LogP) is 3.54. The summed E-state index contributed by atoms with van der Waals surface area (Å²) in [6, 6.07) is 15.7. The Morgan fingerprint density at radius 2 is 2.00 bits per heavy atom. The number of carbonyl (C=O) groups is 1. The van der Waals surface area contributed by atoms with Crippen LogP contribution in [-0.2, 0) is 13.0 Å². The minimum absolute atomic E-state index is 0.205. The maximum Gasteiger partial charge on any atom is 0.270 e. The highest BCUT2D eigenvalue weighted by molar-refractivity contribution is 5.93. The molecule has 3 N–H and O–H groups in total. The number of hydrogen-bond acceptors (Lipinski definition) is 4. The van der Waals surface area contributed by atoms with Crippen LogP contribution >= 0.6 is 0 Å². The van der Waals surface area contributed by atoms with Crippen molar-refractivity contribution in [2.45, 2.75) is 13.0 Å². The Hall–Kier alpha value is -3.67. The fraction of sp³-hybridized carbons (Fsp3) is 0.136. The van der Waals surface area contributed by atoms with Crippen LogP contribution in [0.3, 0.4) is 0 Å². The minimum atomic E-state index is -0.205. The van der Waals surface area contributed by atoms with E-state index in [0.29, 0.717) is 12.2 Å². The second-order valence-corrected chi connectivity index (χ2v) is 6.51. The summed E-state index contributed by atoms with van der Waals surface area (Å²) in [5.74, 6) is -0.205. The molecule has 3 heterocycles. The molecule has 0 atom stereocenters. The molecule has 6 heteroatoms. The van der Waals surface area contributed by atoms with Gasteiger partial charge in [0, 0.05) is 54.5 Å². The van der Waals surface area contributed by atoms with Crippen LogP contribution in [0.15, 0.2) is 73.3 Å². The summed E-state index contributed by atoms with van der Waals surface area (Å²) in [5, 5.41) is 7.49. The molecule has 6 nitrogen and oxygen atoms in total. The topological polar surface area (TPSA) is 82.7 Å². The number of carbonyl (C=O) groups excluding carboxylic acids is 1. The molecule has 0 fully saturated rings. The number of aromatic nitrogens is 3. The Kier molecular flexibility index (Phi) is 5.29. The molecular formula is C22H21N5O. The summed E-state index contributed by atoms with van der Waals surface area (Å²) in [6.45, 7) is 1.19. The molecule has 28 heavy (non-hydrogen) atoms. The quantitative estimate of drug-likeness (QED) is 0.464. The van der Waals surface area contributed by atoms with Crippen LogP contribution in [0, 0.1) is 0 Å². The van der Waals surface area contributed by atoms with Gasteiger partial charge in [0.1, 0.15) is 5.69 Å². The predicted molar refractivity (Wildman–Crippen MR) is 110 cm³/mol. The van der Waals surface area contributed by atoms with Gasteiger partial charge in [-0.3, -0.25) is 14.8 Å². The maximum absolute atomic E-state index is 12.4. The number of nitrogens with zero attached hydrogens (tertiary/aromatic N) is 2. The minimum Gasteiger partial charge on any atom is -0.385 e. The second kappa shape index (κ2) is 8.35. The molecular weight excluding hydrogens is 350 g/mol. The Balaban J connectivity index is 1.33. The highest BCUT2D eigenvalue weighted by Gasteiger charge is 2.08. The van der Waals surface area contributed by atoms with Gasteiger partial charge in [-0.2, -0.15) is 0 Å². The van der Waals surface area contributed by atoms with Crippen molar-refractivity contribution in [1.82, 2.24) is 20.3 Å². The lowest BCUT2D eigenvalue weighted by atomic mass is 10.1. The first-order valence-corrected chi connectivity index (χ1v) is 9.21. The van der Waals surface area contributed by atoms with Crippen LogP contribution in [0.25, 0.3) is 10.9 Å². The molecule has 0 saturated heterocycles. The second-order valence-electron chi connectivity index (χ2n) is 6.51. The summed E-state index contributed by atoms with van der Waals surface area (Å²) in [5.41, 5.74) is 4.63. The highest BCUT2D eigenvalue weighted by Crippen LogP contribution is 2.18. The van der Waals surface area contributed by atoms with Crippen LogP contribution < -0.4 is 10.6 Å². The number of H-pyrrole nitrogens is 1. The molecule has 1 aromatic carbocycles. The number of fused-ring (bicyclic) bond motifs is 1. The van der Waals surface area contributed by atoms with Gasteiger partial charge in [0.25, 0.3) is 5.91 Å². The van der Waals surface area contributed by atoms with Gasteiger partial charge in [-0.25, -0.2) is 0 Å². The average molecular weight is 371 g/mol. The van der Waals surface area contributed by atoms with E-state index in [9.17, 15) is 4.79 Å². The van der Waals surface area contributed by atoms with Gasteiger partial charge >= 0.3 is 0 Å². The number of anilines is 1.